The molecule has 0 saturated carbocycles. The van der Waals surface area contributed by atoms with Gasteiger partial charge in [0.2, 0.25) is 11.2 Å². The summed E-state index contributed by atoms with van der Waals surface area (Å²) < 4.78 is 34.4. The molecule has 0 radical (unpaired) electrons. The smallest absolute Gasteiger partial charge is 0.239 e. The average molecular weight is 503 g/mol. The molecular weight excluding hydrogens is 472 g/mol. The summed E-state index contributed by atoms with van der Waals surface area (Å²) in [6, 6.07) is 20.4. The Bertz CT molecular complexity index is 1420. The largest absolute Gasteiger partial charge is 0.497 e. The highest BCUT2D eigenvalue weighted by molar-refractivity contribution is 5.88. The monoisotopic (exact) mass is 502 g/mol. The highest BCUT2D eigenvalue weighted by Crippen LogP contribution is 2.37. The van der Waals surface area contributed by atoms with Crippen LogP contribution in [0, 0.1) is 0 Å². The third-order valence-electron chi connectivity index (χ3n) is 5.54. The van der Waals surface area contributed by atoms with Gasteiger partial charge in [-0.3, -0.25) is 4.79 Å². The van der Waals surface area contributed by atoms with E-state index in [2.05, 4.69) is 0 Å². The Morgan fingerprint density at radius 1 is 0.892 bits per heavy atom. The fraction of sp³-hybridized carbons (Fsp3) is 0.233. The predicted octanol–water partition coefficient (Wildman–Crippen LogP) is 6.38. The van der Waals surface area contributed by atoms with Crippen molar-refractivity contribution in [2.24, 2.45) is 0 Å². The summed E-state index contributed by atoms with van der Waals surface area (Å²) in [5, 5.41) is 0.262. The van der Waals surface area contributed by atoms with Gasteiger partial charge in [-0.05, 0) is 49.8 Å². The molecule has 0 aliphatic carbocycles. The Morgan fingerprint density at radius 3 is 2.32 bits per heavy atom. The van der Waals surface area contributed by atoms with E-state index in [1.165, 1.54) is 7.11 Å². The molecule has 0 bridgehead atoms. The van der Waals surface area contributed by atoms with Crippen molar-refractivity contribution in [3.8, 4) is 34.3 Å². The predicted molar refractivity (Wildman–Crippen MR) is 143 cm³/mol. The fourth-order valence-electron chi connectivity index (χ4n) is 3.66. The summed E-state index contributed by atoms with van der Waals surface area (Å²) in [7, 11) is 3.08. The molecule has 0 aliphatic heterocycles. The van der Waals surface area contributed by atoms with Gasteiger partial charge in [-0.1, -0.05) is 35.9 Å². The van der Waals surface area contributed by atoms with Gasteiger partial charge in [-0.2, -0.15) is 0 Å². The average Bonchev–Trinajstić information content (AvgIpc) is 2.91. The van der Waals surface area contributed by atoms with Gasteiger partial charge in [0, 0.05) is 24.8 Å². The Hall–Kier alpha value is -4.23. The van der Waals surface area contributed by atoms with Crippen molar-refractivity contribution >= 4 is 11.0 Å². The number of hydrogen-bond donors (Lipinski definition) is 0. The van der Waals surface area contributed by atoms with Crippen molar-refractivity contribution < 1.29 is 28.1 Å². The van der Waals surface area contributed by atoms with E-state index in [9.17, 15) is 4.79 Å². The molecule has 0 spiro atoms. The van der Waals surface area contributed by atoms with Crippen LogP contribution in [0.4, 0.5) is 0 Å². The van der Waals surface area contributed by atoms with Gasteiger partial charge in [0.15, 0.2) is 12.6 Å². The van der Waals surface area contributed by atoms with Crippen LogP contribution >= 0.6 is 0 Å². The molecule has 7 nitrogen and oxygen atoms in total. The molecule has 1 aromatic heterocycles. The number of ether oxygens (including phenoxy) is 5. The number of allylic oxidation sites excluding steroid dienone is 1. The molecule has 0 aliphatic rings. The lowest BCUT2D eigenvalue weighted by atomic mass is 10.1. The summed E-state index contributed by atoms with van der Waals surface area (Å²) >= 11 is 0. The Labute approximate surface area is 215 Å². The number of benzene rings is 3. The van der Waals surface area contributed by atoms with Gasteiger partial charge in [-0.25, -0.2) is 0 Å². The number of rotatable bonds is 11. The third-order valence-corrected chi connectivity index (χ3v) is 5.54. The molecule has 0 fully saturated rings. The first-order chi connectivity index (χ1) is 18.0. The summed E-state index contributed by atoms with van der Waals surface area (Å²) in [5.41, 5.74) is 2.70. The summed E-state index contributed by atoms with van der Waals surface area (Å²) in [5.74, 6) is 1.84. The standard InChI is InChI=1S/C30H30O7/c1-20(2)14-15-34-25-16-24(35-18-21-8-6-5-7-9-21)17-26-27(25)28(31)30(36-19-32-3)29(37-26)22-10-12-23(33-4)13-11-22/h5-14,16-17H,15,18-19H2,1-4H3. The molecular formula is C30H30O7. The molecule has 192 valence electrons. The fourth-order valence-corrected chi connectivity index (χ4v) is 3.66. The zero-order valence-corrected chi connectivity index (χ0v) is 21.4. The summed E-state index contributed by atoms with van der Waals surface area (Å²) in [6.07, 6.45) is 1.93. The zero-order valence-electron chi connectivity index (χ0n) is 21.4. The van der Waals surface area contributed by atoms with Crippen molar-refractivity contribution in [1.29, 1.82) is 0 Å². The van der Waals surface area contributed by atoms with Crippen LogP contribution in [0.25, 0.3) is 22.3 Å². The summed E-state index contributed by atoms with van der Waals surface area (Å²) in [4.78, 5) is 13.8. The van der Waals surface area contributed by atoms with E-state index in [0.29, 0.717) is 35.0 Å². The molecule has 0 unspecified atom stereocenters. The molecule has 4 aromatic rings. The molecule has 3 aromatic carbocycles. The molecule has 7 heteroatoms. The zero-order chi connectivity index (χ0) is 26.2. The minimum Gasteiger partial charge on any atom is -0.497 e. The normalized spacial score (nSPS) is 10.7. The minimum atomic E-state index is -0.370. The minimum absolute atomic E-state index is 0.0320. The van der Waals surface area contributed by atoms with Crippen LogP contribution in [0.5, 0.6) is 23.0 Å². The Kier molecular flexibility index (Phi) is 8.48. The van der Waals surface area contributed by atoms with Crippen molar-refractivity contribution in [3.05, 3.63) is 94.2 Å². The highest BCUT2D eigenvalue weighted by Gasteiger charge is 2.22. The van der Waals surface area contributed by atoms with Gasteiger partial charge in [0.25, 0.3) is 0 Å². The lowest BCUT2D eigenvalue weighted by molar-refractivity contribution is 0.0497. The van der Waals surface area contributed by atoms with Gasteiger partial charge in [0.05, 0.1) is 7.11 Å². The lowest BCUT2D eigenvalue weighted by Gasteiger charge is -2.15. The van der Waals surface area contributed by atoms with Crippen LogP contribution in [0.1, 0.15) is 19.4 Å². The molecule has 0 amide bonds. The first-order valence-electron chi connectivity index (χ1n) is 11.8. The van der Waals surface area contributed by atoms with Gasteiger partial charge in [-0.15, -0.1) is 0 Å². The molecule has 0 atom stereocenters. The van der Waals surface area contributed by atoms with Gasteiger partial charge >= 0.3 is 0 Å². The van der Waals surface area contributed by atoms with E-state index in [4.69, 9.17) is 28.1 Å². The second kappa shape index (κ2) is 12.1. The van der Waals surface area contributed by atoms with Crippen molar-refractivity contribution in [1.82, 2.24) is 0 Å². The topological polar surface area (TPSA) is 76.4 Å². The van der Waals surface area contributed by atoms with E-state index in [1.54, 1.807) is 43.5 Å². The van der Waals surface area contributed by atoms with E-state index in [1.807, 2.05) is 50.3 Å². The second-order valence-corrected chi connectivity index (χ2v) is 8.53. The maximum absolute atomic E-state index is 13.8. The Morgan fingerprint density at radius 2 is 1.65 bits per heavy atom. The van der Waals surface area contributed by atoms with Crippen LogP contribution in [0.3, 0.4) is 0 Å². The van der Waals surface area contributed by atoms with Crippen molar-refractivity contribution in [2.75, 3.05) is 27.6 Å². The quantitative estimate of drug-likeness (QED) is 0.174. The second-order valence-electron chi connectivity index (χ2n) is 8.53. The summed E-state index contributed by atoms with van der Waals surface area (Å²) in [6.45, 7) is 4.48. The lowest BCUT2D eigenvalue weighted by Crippen LogP contribution is -2.13. The van der Waals surface area contributed by atoms with E-state index >= 15 is 0 Å². The van der Waals surface area contributed by atoms with E-state index < -0.39 is 0 Å². The third kappa shape index (κ3) is 6.32. The van der Waals surface area contributed by atoms with Crippen molar-refractivity contribution in [3.63, 3.8) is 0 Å². The van der Waals surface area contributed by atoms with Crippen molar-refractivity contribution in [2.45, 2.75) is 20.5 Å². The SMILES string of the molecule is COCOc1c(-c2ccc(OC)cc2)oc2cc(OCc3ccccc3)cc(OCC=C(C)C)c2c1=O. The molecule has 0 saturated heterocycles. The number of fused-ring (bicyclic) bond motifs is 1. The van der Waals surface area contributed by atoms with Crippen LogP contribution in [-0.2, 0) is 11.3 Å². The van der Waals surface area contributed by atoms with Crippen LogP contribution < -0.4 is 24.4 Å². The van der Waals surface area contributed by atoms with Gasteiger partial charge < -0.3 is 28.1 Å². The van der Waals surface area contributed by atoms with Crippen LogP contribution in [0.15, 0.2) is 87.6 Å². The molecule has 1 heterocycles. The van der Waals surface area contributed by atoms with Crippen LogP contribution in [0.2, 0.25) is 0 Å². The number of hydrogen-bond acceptors (Lipinski definition) is 7. The molecule has 4 rings (SSSR count). The molecule has 0 N–H and O–H groups in total. The van der Waals surface area contributed by atoms with Gasteiger partial charge in [0.1, 0.15) is 41.4 Å². The van der Waals surface area contributed by atoms with E-state index in [0.717, 1.165) is 11.1 Å². The van der Waals surface area contributed by atoms with Crippen LogP contribution in [-0.4, -0.2) is 27.6 Å². The highest BCUT2D eigenvalue weighted by atomic mass is 16.7. The maximum atomic E-state index is 13.8. The number of methoxy groups -OCH3 is 2. The first-order valence-corrected chi connectivity index (χ1v) is 11.8. The Balaban J connectivity index is 1.85. The molecule has 37 heavy (non-hydrogen) atoms. The maximum Gasteiger partial charge on any atom is 0.239 e. The first kappa shape index (κ1) is 25.9. The van der Waals surface area contributed by atoms with E-state index in [-0.39, 0.29) is 35.7 Å².